The van der Waals surface area contributed by atoms with E-state index in [1.54, 1.807) is 45.4 Å². The van der Waals surface area contributed by atoms with Crippen LogP contribution in [0.3, 0.4) is 0 Å². The molecule has 1 aliphatic heterocycles. The van der Waals surface area contributed by atoms with Gasteiger partial charge in [-0.05, 0) is 48.2 Å². The molecule has 0 aliphatic carbocycles. The van der Waals surface area contributed by atoms with Crippen molar-refractivity contribution in [2.75, 3.05) is 57.9 Å². The molecular weight excluding hydrogens is 519 g/mol. The number of rotatable bonds is 12. The average Bonchev–Trinajstić information content (AvgIpc) is 3.47. The summed E-state index contributed by atoms with van der Waals surface area (Å²) in [6.45, 7) is 6.83. The molecule has 2 heterocycles. The van der Waals surface area contributed by atoms with Crippen LogP contribution < -0.4 is 10.1 Å². The Morgan fingerprint density at radius 2 is 1.79 bits per heavy atom. The third kappa shape index (κ3) is 8.77. The molecule has 0 radical (unpaired) electrons. The lowest BCUT2D eigenvalue weighted by Crippen LogP contribution is -2.48. The van der Waals surface area contributed by atoms with E-state index in [-0.39, 0.29) is 24.3 Å². The Kier molecular flexibility index (Phi) is 10.7. The zero-order valence-corrected chi connectivity index (χ0v) is 23.0. The predicted molar refractivity (Wildman–Crippen MR) is 150 cm³/mol. The van der Waals surface area contributed by atoms with Crippen LogP contribution in [0.25, 0.3) is 0 Å². The Morgan fingerprint density at radius 1 is 1.03 bits per heavy atom. The first-order valence-electron chi connectivity index (χ1n) is 13.1. The highest BCUT2D eigenvalue weighted by Crippen LogP contribution is 2.24. The van der Waals surface area contributed by atoms with E-state index < -0.39 is 0 Å². The average molecular weight is 555 g/mol. The van der Waals surface area contributed by atoms with Crippen LogP contribution in [0.4, 0.5) is 14.9 Å². The first-order valence-corrected chi connectivity index (χ1v) is 14.0. The van der Waals surface area contributed by atoms with Gasteiger partial charge in [0.05, 0.1) is 32.1 Å². The number of nitrogens with one attached hydrogen (secondary N) is 1. The number of morpholine rings is 1. The maximum atomic E-state index is 13.7. The standard InChI is InChI=1S/C29H35FN4O4S/c1-2-38-27-8-4-3-7-26(27)31-29(36)33(14-13-32-15-17-37-18-16-32)22-28(35)34(21-25-6-5-19-39-25)20-23-9-11-24(30)12-10-23/h3-12,19H,2,13-18,20-22H2,1H3,(H,31,36). The summed E-state index contributed by atoms with van der Waals surface area (Å²) in [6.07, 6.45) is 0. The summed E-state index contributed by atoms with van der Waals surface area (Å²) < 4.78 is 24.6. The second kappa shape index (κ2) is 14.6. The van der Waals surface area contributed by atoms with Gasteiger partial charge in [-0.3, -0.25) is 9.69 Å². The number of nitrogens with zero attached hydrogens (tertiary/aromatic N) is 3. The van der Waals surface area contributed by atoms with Crippen molar-refractivity contribution < 1.29 is 23.5 Å². The SMILES string of the molecule is CCOc1ccccc1NC(=O)N(CCN1CCOCC1)CC(=O)N(Cc1ccc(F)cc1)Cc1cccs1. The first kappa shape index (κ1) is 28.5. The molecule has 0 spiro atoms. The largest absolute Gasteiger partial charge is 0.492 e. The van der Waals surface area contributed by atoms with E-state index in [1.807, 2.05) is 36.6 Å². The number of para-hydroxylation sites is 2. The van der Waals surface area contributed by atoms with Crippen LogP contribution in [0.15, 0.2) is 66.0 Å². The van der Waals surface area contributed by atoms with Gasteiger partial charge in [0.2, 0.25) is 5.91 Å². The Morgan fingerprint density at radius 3 is 2.51 bits per heavy atom. The fraction of sp³-hybridized carbons (Fsp3) is 0.379. The summed E-state index contributed by atoms with van der Waals surface area (Å²) in [4.78, 5) is 33.7. The van der Waals surface area contributed by atoms with Crippen LogP contribution in [-0.2, 0) is 22.6 Å². The molecule has 1 fully saturated rings. The number of urea groups is 1. The number of hydrogen-bond acceptors (Lipinski definition) is 6. The van der Waals surface area contributed by atoms with Gasteiger partial charge in [0, 0.05) is 37.6 Å². The third-order valence-corrected chi connectivity index (χ3v) is 7.26. The molecule has 1 aliphatic rings. The molecular formula is C29H35FN4O4S. The molecule has 0 saturated carbocycles. The van der Waals surface area contributed by atoms with E-state index in [2.05, 4.69) is 10.2 Å². The molecule has 39 heavy (non-hydrogen) atoms. The van der Waals surface area contributed by atoms with E-state index in [4.69, 9.17) is 9.47 Å². The molecule has 1 saturated heterocycles. The minimum absolute atomic E-state index is 0.0977. The molecule has 2 aromatic carbocycles. The van der Waals surface area contributed by atoms with Crippen LogP contribution in [-0.4, -0.2) is 79.2 Å². The summed E-state index contributed by atoms with van der Waals surface area (Å²) in [6, 6.07) is 16.9. The number of carbonyl (C=O) groups is 2. The lowest BCUT2D eigenvalue weighted by molar-refractivity contribution is -0.133. The maximum Gasteiger partial charge on any atom is 0.322 e. The molecule has 0 atom stereocenters. The van der Waals surface area contributed by atoms with Crippen LogP contribution >= 0.6 is 11.3 Å². The lowest BCUT2D eigenvalue weighted by atomic mass is 10.2. The third-order valence-electron chi connectivity index (χ3n) is 6.40. The number of carbonyl (C=O) groups excluding carboxylic acids is 2. The minimum Gasteiger partial charge on any atom is -0.492 e. The van der Waals surface area contributed by atoms with Crippen molar-refractivity contribution in [3.05, 3.63) is 82.3 Å². The van der Waals surface area contributed by atoms with Crippen molar-refractivity contribution in [3.63, 3.8) is 0 Å². The van der Waals surface area contributed by atoms with Gasteiger partial charge in [-0.25, -0.2) is 9.18 Å². The molecule has 1 N–H and O–H groups in total. The van der Waals surface area contributed by atoms with Gasteiger partial charge >= 0.3 is 6.03 Å². The van der Waals surface area contributed by atoms with Gasteiger partial charge in [-0.1, -0.05) is 30.3 Å². The molecule has 208 valence electrons. The van der Waals surface area contributed by atoms with Crippen LogP contribution in [0.2, 0.25) is 0 Å². The van der Waals surface area contributed by atoms with E-state index in [1.165, 1.54) is 12.1 Å². The Hall–Kier alpha value is -3.47. The smallest absolute Gasteiger partial charge is 0.322 e. The van der Waals surface area contributed by atoms with Crippen molar-refractivity contribution in [2.24, 2.45) is 0 Å². The number of anilines is 1. The summed E-state index contributed by atoms with van der Waals surface area (Å²) in [5.74, 6) is 0.0551. The van der Waals surface area contributed by atoms with Crippen molar-refractivity contribution in [3.8, 4) is 5.75 Å². The van der Waals surface area contributed by atoms with E-state index in [0.717, 1.165) is 23.5 Å². The predicted octanol–water partition coefficient (Wildman–Crippen LogP) is 4.68. The van der Waals surface area contributed by atoms with Crippen LogP contribution in [0.1, 0.15) is 17.4 Å². The molecule has 8 nitrogen and oxygen atoms in total. The Bertz CT molecular complexity index is 1190. The number of hydrogen-bond donors (Lipinski definition) is 1. The number of halogens is 1. The second-order valence-electron chi connectivity index (χ2n) is 9.19. The molecule has 3 aromatic rings. The molecule has 0 bridgehead atoms. The molecule has 4 rings (SSSR count). The van der Waals surface area contributed by atoms with Crippen molar-refractivity contribution in [1.29, 1.82) is 0 Å². The van der Waals surface area contributed by atoms with Crippen molar-refractivity contribution >= 4 is 29.0 Å². The van der Waals surface area contributed by atoms with Gasteiger partial charge in [0.15, 0.2) is 0 Å². The number of ether oxygens (including phenoxy) is 2. The van der Waals surface area contributed by atoms with Crippen LogP contribution in [0, 0.1) is 5.82 Å². The monoisotopic (exact) mass is 554 g/mol. The van der Waals surface area contributed by atoms with E-state index in [9.17, 15) is 14.0 Å². The molecule has 10 heteroatoms. The second-order valence-corrected chi connectivity index (χ2v) is 10.2. The molecule has 3 amide bonds. The summed E-state index contributed by atoms with van der Waals surface area (Å²) in [5, 5.41) is 4.90. The molecule has 1 aromatic heterocycles. The van der Waals surface area contributed by atoms with Gasteiger partial charge < -0.3 is 24.6 Å². The Labute approximate surface area is 232 Å². The van der Waals surface area contributed by atoms with Crippen molar-refractivity contribution in [1.82, 2.24) is 14.7 Å². The van der Waals surface area contributed by atoms with E-state index in [0.29, 0.717) is 57.4 Å². The van der Waals surface area contributed by atoms with E-state index >= 15 is 0 Å². The fourth-order valence-corrected chi connectivity index (χ4v) is 5.00. The quantitative estimate of drug-likeness (QED) is 0.352. The normalized spacial score (nSPS) is 13.6. The first-order chi connectivity index (χ1) is 19.0. The lowest BCUT2D eigenvalue weighted by Gasteiger charge is -2.31. The van der Waals surface area contributed by atoms with Gasteiger partial charge in [-0.15, -0.1) is 11.3 Å². The molecule has 0 unspecified atom stereocenters. The number of amides is 3. The van der Waals surface area contributed by atoms with Gasteiger partial charge in [0.25, 0.3) is 0 Å². The zero-order chi connectivity index (χ0) is 27.5. The van der Waals surface area contributed by atoms with Crippen LogP contribution in [0.5, 0.6) is 5.75 Å². The Balaban J connectivity index is 1.51. The zero-order valence-electron chi connectivity index (χ0n) is 22.2. The highest BCUT2D eigenvalue weighted by molar-refractivity contribution is 7.09. The fourth-order valence-electron chi connectivity index (χ4n) is 4.28. The summed E-state index contributed by atoms with van der Waals surface area (Å²) in [5.41, 5.74) is 1.37. The maximum absolute atomic E-state index is 13.7. The highest BCUT2D eigenvalue weighted by atomic mass is 32.1. The number of benzene rings is 2. The highest BCUT2D eigenvalue weighted by Gasteiger charge is 2.24. The topological polar surface area (TPSA) is 74.4 Å². The summed E-state index contributed by atoms with van der Waals surface area (Å²) >= 11 is 1.56. The summed E-state index contributed by atoms with van der Waals surface area (Å²) in [7, 11) is 0. The van der Waals surface area contributed by atoms with Gasteiger partial charge in [0.1, 0.15) is 18.1 Å². The minimum atomic E-state index is -0.374. The van der Waals surface area contributed by atoms with Crippen molar-refractivity contribution in [2.45, 2.75) is 20.0 Å². The number of thiophene rings is 1. The van der Waals surface area contributed by atoms with Gasteiger partial charge in [-0.2, -0.15) is 0 Å².